The molecular weight excluding hydrogens is 529 g/mol. The molecule has 0 aliphatic carbocycles. The lowest BCUT2D eigenvalue weighted by Gasteiger charge is -2.15. The number of hydrogen-bond donors (Lipinski definition) is 2. The molecular formula is C24H19Cl2N3O4S2. The van der Waals surface area contributed by atoms with Gasteiger partial charge < -0.3 is 19.5 Å². The Morgan fingerprint density at radius 3 is 2.29 bits per heavy atom. The van der Waals surface area contributed by atoms with Gasteiger partial charge in [0.25, 0.3) is 5.91 Å². The van der Waals surface area contributed by atoms with E-state index in [2.05, 4.69) is 15.6 Å². The summed E-state index contributed by atoms with van der Waals surface area (Å²) < 4.78 is 16.9. The maximum absolute atomic E-state index is 12.9. The second-order valence-corrected chi connectivity index (χ2v) is 9.37. The van der Waals surface area contributed by atoms with Crippen molar-refractivity contribution in [1.82, 2.24) is 10.3 Å². The highest BCUT2D eigenvalue weighted by Gasteiger charge is 2.19. The number of para-hydroxylation sites is 1. The maximum atomic E-state index is 12.9. The Bertz CT molecular complexity index is 1380. The van der Waals surface area contributed by atoms with Crippen molar-refractivity contribution in [3.05, 3.63) is 64.1 Å². The molecule has 35 heavy (non-hydrogen) atoms. The third-order valence-electron chi connectivity index (χ3n) is 4.98. The van der Waals surface area contributed by atoms with E-state index in [4.69, 9.17) is 49.6 Å². The lowest BCUT2D eigenvalue weighted by Crippen LogP contribution is -2.34. The molecule has 1 heterocycles. The number of methoxy groups -OCH3 is 3. The van der Waals surface area contributed by atoms with E-state index < -0.39 is 5.91 Å². The van der Waals surface area contributed by atoms with Gasteiger partial charge in [-0.15, -0.1) is 11.3 Å². The number of nitrogens with zero attached hydrogens (tertiary/aromatic N) is 1. The van der Waals surface area contributed by atoms with Gasteiger partial charge in [0.2, 0.25) is 5.75 Å². The van der Waals surface area contributed by atoms with Gasteiger partial charge in [0.15, 0.2) is 16.6 Å². The van der Waals surface area contributed by atoms with Crippen LogP contribution in [0.25, 0.3) is 20.8 Å². The molecule has 1 amide bonds. The number of benzene rings is 3. The summed E-state index contributed by atoms with van der Waals surface area (Å²) in [5.74, 6) is 0.593. The first-order valence-electron chi connectivity index (χ1n) is 10.1. The Morgan fingerprint density at radius 1 is 0.971 bits per heavy atom. The summed E-state index contributed by atoms with van der Waals surface area (Å²) in [5, 5.41) is 7.16. The number of rotatable bonds is 6. The van der Waals surface area contributed by atoms with Crippen molar-refractivity contribution in [2.45, 2.75) is 0 Å². The van der Waals surface area contributed by atoms with E-state index in [1.165, 1.54) is 44.8 Å². The molecule has 1 aromatic heterocycles. The van der Waals surface area contributed by atoms with Crippen LogP contribution in [0.1, 0.15) is 10.4 Å². The van der Waals surface area contributed by atoms with Crippen LogP contribution < -0.4 is 24.8 Å². The molecule has 0 spiro atoms. The van der Waals surface area contributed by atoms with Crippen LogP contribution in [0, 0.1) is 0 Å². The Labute approximate surface area is 220 Å². The molecule has 7 nitrogen and oxygen atoms in total. The van der Waals surface area contributed by atoms with Gasteiger partial charge in [-0.1, -0.05) is 35.3 Å². The minimum Gasteiger partial charge on any atom is -0.493 e. The van der Waals surface area contributed by atoms with Crippen molar-refractivity contribution >= 4 is 73.7 Å². The van der Waals surface area contributed by atoms with Gasteiger partial charge in [-0.05, 0) is 48.6 Å². The van der Waals surface area contributed by atoms with Gasteiger partial charge in [0, 0.05) is 11.1 Å². The fourth-order valence-corrected chi connectivity index (χ4v) is 5.11. The molecule has 4 rings (SSSR count). The summed E-state index contributed by atoms with van der Waals surface area (Å²) in [6.07, 6.45) is 0. The van der Waals surface area contributed by atoms with E-state index in [-0.39, 0.29) is 10.7 Å². The molecule has 4 aromatic rings. The van der Waals surface area contributed by atoms with Crippen LogP contribution >= 0.6 is 46.8 Å². The van der Waals surface area contributed by atoms with E-state index in [9.17, 15) is 4.79 Å². The number of carbonyl (C=O) groups excluding carboxylic acids is 1. The lowest BCUT2D eigenvalue weighted by molar-refractivity contribution is 0.0977. The zero-order valence-electron chi connectivity index (χ0n) is 18.8. The Morgan fingerprint density at radius 2 is 1.66 bits per heavy atom. The molecule has 0 fully saturated rings. The van der Waals surface area contributed by atoms with Crippen molar-refractivity contribution in [2.24, 2.45) is 0 Å². The number of aromatic nitrogens is 1. The Balaban J connectivity index is 1.56. The van der Waals surface area contributed by atoms with Crippen molar-refractivity contribution in [1.29, 1.82) is 0 Å². The fourth-order valence-electron chi connectivity index (χ4n) is 3.34. The van der Waals surface area contributed by atoms with Gasteiger partial charge in [-0.3, -0.25) is 10.1 Å². The average molecular weight is 548 g/mol. The quantitative estimate of drug-likeness (QED) is 0.269. The number of fused-ring (bicyclic) bond motifs is 1. The summed E-state index contributed by atoms with van der Waals surface area (Å²) >= 11 is 19.7. The molecule has 0 atom stereocenters. The topological polar surface area (TPSA) is 81.7 Å². The predicted molar refractivity (Wildman–Crippen MR) is 145 cm³/mol. The van der Waals surface area contributed by atoms with Crippen LogP contribution in [-0.4, -0.2) is 37.3 Å². The average Bonchev–Trinajstić information content (AvgIpc) is 3.28. The molecule has 0 aliphatic heterocycles. The van der Waals surface area contributed by atoms with Gasteiger partial charge in [-0.25, -0.2) is 4.98 Å². The molecule has 2 N–H and O–H groups in total. The second-order valence-electron chi connectivity index (χ2n) is 7.12. The number of amides is 1. The maximum Gasteiger partial charge on any atom is 0.257 e. The zero-order chi connectivity index (χ0) is 25.1. The largest absolute Gasteiger partial charge is 0.493 e. The lowest BCUT2D eigenvalue weighted by atomic mass is 10.1. The normalized spacial score (nSPS) is 10.7. The molecule has 0 radical (unpaired) electrons. The SMILES string of the molecule is COc1cc(C(=O)NC(=S)Nc2cc(-c3nc4ccccc4s3)c(Cl)cc2Cl)cc(OC)c1OC. The number of hydrogen-bond acceptors (Lipinski definition) is 7. The first-order chi connectivity index (χ1) is 16.8. The van der Waals surface area contributed by atoms with Crippen LogP contribution in [0.15, 0.2) is 48.5 Å². The third kappa shape index (κ3) is 5.28. The van der Waals surface area contributed by atoms with Crippen LogP contribution in [-0.2, 0) is 0 Å². The first kappa shape index (κ1) is 25.0. The minimum atomic E-state index is -0.474. The van der Waals surface area contributed by atoms with E-state index in [0.717, 1.165) is 15.2 Å². The number of ether oxygens (including phenoxy) is 3. The first-order valence-corrected chi connectivity index (χ1v) is 12.1. The highest BCUT2D eigenvalue weighted by Crippen LogP contribution is 2.40. The fraction of sp³-hybridized carbons (Fsp3) is 0.125. The van der Waals surface area contributed by atoms with E-state index in [1.807, 2.05) is 24.3 Å². The molecule has 3 aromatic carbocycles. The zero-order valence-corrected chi connectivity index (χ0v) is 21.9. The number of nitrogens with one attached hydrogen (secondary N) is 2. The summed E-state index contributed by atoms with van der Waals surface area (Å²) in [6.45, 7) is 0. The predicted octanol–water partition coefficient (Wildman–Crippen LogP) is 6.42. The number of halogens is 2. The van der Waals surface area contributed by atoms with E-state index in [1.54, 1.807) is 12.1 Å². The van der Waals surface area contributed by atoms with Crippen molar-refractivity contribution in [3.63, 3.8) is 0 Å². The minimum absolute atomic E-state index is 0.0447. The van der Waals surface area contributed by atoms with Crippen LogP contribution in [0.2, 0.25) is 10.0 Å². The standard InChI is InChI=1S/C24H19Cl2N3O4S2/c1-31-18-8-12(9-19(32-2)21(18)33-3)22(30)29-24(34)28-17-10-13(14(25)11-15(17)26)23-27-16-6-4-5-7-20(16)35-23/h4-11H,1-3H3,(H2,28,29,30,34). The summed E-state index contributed by atoms with van der Waals surface area (Å²) in [7, 11) is 4.42. The second kappa shape index (κ2) is 10.7. The van der Waals surface area contributed by atoms with Crippen molar-refractivity contribution < 1.29 is 19.0 Å². The highest BCUT2D eigenvalue weighted by molar-refractivity contribution is 7.80. The summed E-state index contributed by atoms with van der Waals surface area (Å²) in [6, 6.07) is 14.2. The number of thiocarbonyl (C=S) groups is 1. The highest BCUT2D eigenvalue weighted by atomic mass is 35.5. The van der Waals surface area contributed by atoms with Gasteiger partial charge in [0.05, 0.1) is 47.3 Å². The number of anilines is 1. The van der Waals surface area contributed by atoms with Gasteiger partial charge in [-0.2, -0.15) is 0 Å². The van der Waals surface area contributed by atoms with Crippen LogP contribution in [0.5, 0.6) is 17.2 Å². The number of carbonyl (C=O) groups is 1. The smallest absolute Gasteiger partial charge is 0.257 e. The van der Waals surface area contributed by atoms with E-state index in [0.29, 0.717) is 38.5 Å². The van der Waals surface area contributed by atoms with Gasteiger partial charge >= 0.3 is 0 Å². The molecule has 0 saturated heterocycles. The van der Waals surface area contributed by atoms with Crippen molar-refractivity contribution in [2.75, 3.05) is 26.6 Å². The van der Waals surface area contributed by atoms with Crippen LogP contribution in [0.3, 0.4) is 0 Å². The van der Waals surface area contributed by atoms with Crippen molar-refractivity contribution in [3.8, 4) is 27.8 Å². The van der Waals surface area contributed by atoms with Crippen LogP contribution in [0.4, 0.5) is 5.69 Å². The molecule has 0 bridgehead atoms. The van der Waals surface area contributed by atoms with E-state index >= 15 is 0 Å². The molecule has 0 unspecified atom stereocenters. The molecule has 0 saturated carbocycles. The number of thiazole rings is 1. The molecule has 180 valence electrons. The monoisotopic (exact) mass is 547 g/mol. The molecule has 0 aliphatic rings. The van der Waals surface area contributed by atoms with Gasteiger partial charge in [0.1, 0.15) is 5.01 Å². The summed E-state index contributed by atoms with van der Waals surface area (Å²) in [5.41, 5.74) is 2.31. The third-order valence-corrected chi connectivity index (χ3v) is 6.88. The molecule has 11 heteroatoms. The Hall–Kier alpha value is -3.11. The Kier molecular flexibility index (Phi) is 7.61. The summed E-state index contributed by atoms with van der Waals surface area (Å²) in [4.78, 5) is 17.5.